The van der Waals surface area contributed by atoms with E-state index in [0.717, 1.165) is 10.6 Å². The van der Waals surface area contributed by atoms with Crippen LogP contribution in [-0.4, -0.2) is 22.8 Å². The average molecular weight is 276 g/mol. The molecule has 0 saturated heterocycles. The molecule has 0 aliphatic carbocycles. The molecule has 0 aliphatic rings. The third kappa shape index (κ3) is 2.76. The Bertz CT molecular complexity index is 631. The zero-order chi connectivity index (χ0) is 14.0. The van der Waals surface area contributed by atoms with Gasteiger partial charge >= 0.3 is 0 Å². The van der Waals surface area contributed by atoms with Gasteiger partial charge in [0.2, 0.25) is 0 Å². The third-order valence-corrected chi connectivity index (χ3v) is 4.19. The topological polar surface area (TPSA) is 53.2 Å². The molecule has 0 fully saturated rings. The Balaban J connectivity index is 2.26. The maximum atomic E-state index is 12.3. The fraction of sp³-hybridized carbons (Fsp3) is 0.286. The minimum atomic E-state index is -0.262. The molecule has 5 heteroatoms. The summed E-state index contributed by atoms with van der Waals surface area (Å²) in [6.07, 6.45) is 1.48. The first-order valence-electron chi connectivity index (χ1n) is 6.00. The molecule has 2 aromatic rings. The molecule has 0 aromatic carbocycles. The largest absolute Gasteiger partial charge is 0.364 e. The minimum absolute atomic E-state index is 0.0480. The van der Waals surface area contributed by atoms with Crippen LogP contribution >= 0.6 is 11.3 Å². The highest BCUT2D eigenvalue weighted by atomic mass is 32.1. The van der Waals surface area contributed by atoms with Gasteiger partial charge in [0.25, 0.3) is 5.91 Å². The number of H-pyrrole nitrogens is 1. The molecule has 2 aromatic heterocycles. The Morgan fingerprint density at radius 2 is 2.21 bits per heavy atom. The lowest BCUT2D eigenvalue weighted by atomic mass is 10.2. The van der Waals surface area contributed by atoms with Gasteiger partial charge in [0.1, 0.15) is 5.56 Å². The Morgan fingerprint density at radius 1 is 1.47 bits per heavy atom. The van der Waals surface area contributed by atoms with Crippen molar-refractivity contribution in [2.45, 2.75) is 19.9 Å². The van der Waals surface area contributed by atoms with E-state index >= 15 is 0 Å². The van der Waals surface area contributed by atoms with Crippen molar-refractivity contribution in [1.29, 1.82) is 0 Å². The van der Waals surface area contributed by atoms with Crippen LogP contribution in [0.3, 0.4) is 0 Å². The monoisotopic (exact) mass is 276 g/mol. The van der Waals surface area contributed by atoms with Crippen LogP contribution in [0.15, 0.2) is 34.6 Å². The Hall–Kier alpha value is -1.88. The molecular weight excluding hydrogens is 260 g/mol. The quantitative estimate of drug-likeness (QED) is 0.936. The van der Waals surface area contributed by atoms with Crippen LogP contribution in [0, 0.1) is 6.92 Å². The summed E-state index contributed by atoms with van der Waals surface area (Å²) in [6, 6.07) is 5.33. The van der Waals surface area contributed by atoms with Gasteiger partial charge in [-0.15, -0.1) is 11.3 Å². The normalized spacial score (nSPS) is 12.2. The Kier molecular flexibility index (Phi) is 3.85. The van der Waals surface area contributed by atoms with Gasteiger partial charge in [0.05, 0.1) is 6.04 Å². The summed E-state index contributed by atoms with van der Waals surface area (Å²) in [5.41, 5.74) is 0.679. The van der Waals surface area contributed by atoms with Crippen molar-refractivity contribution in [2.24, 2.45) is 0 Å². The Labute approximate surface area is 115 Å². The first-order valence-corrected chi connectivity index (χ1v) is 6.88. The molecule has 1 atom stereocenters. The maximum Gasteiger partial charge on any atom is 0.259 e. The Morgan fingerprint density at radius 3 is 2.79 bits per heavy atom. The van der Waals surface area contributed by atoms with Crippen molar-refractivity contribution >= 4 is 17.2 Å². The highest BCUT2D eigenvalue weighted by Gasteiger charge is 2.21. The van der Waals surface area contributed by atoms with Gasteiger partial charge in [0.15, 0.2) is 5.43 Å². The average Bonchev–Trinajstić information content (AvgIpc) is 2.90. The van der Waals surface area contributed by atoms with Crippen molar-refractivity contribution in [3.63, 3.8) is 0 Å². The summed E-state index contributed by atoms with van der Waals surface area (Å²) < 4.78 is 0. The molecule has 0 spiro atoms. The SMILES string of the molecule is Cc1cc(=O)c(C(=O)N(C)C(C)c2cccs2)c[nH]1. The highest BCUT2D eigenvalue weighted by molar-refractivity contribution is 7.10. The lowest BCUT2D eigenvalue weighted by Crippen LogP contribution is -2.32. The van der Waals surface area contributed by atoms with Gasteiger partial charge in [-0.25, -0.2) is 0 Å². The van der Waals surface area contributed by atoms with Crippen molar-refractivity contribution in [3.05, 3.63) is 56.1 Å². The van der Waals surface area contributed by atoms with E-state index in [1.54, 1.807) is 30.2 Å². The van der Waals surface area contributed by atoms with Gasteiger partial charge in [-0.3, -0.25) is 9.59 Å². The molecular formula is C14H16N2O2S. The molecule has 1 unspecified atom stereocenters. The van der Waals surface area contributed by atoms with Crippen LogP contribution in [0.25, 0.3) is 0 Å². The maximum absolute atomic E-state index is 12.3. The number of carbonyl (C=O) groups is 1. The number of carbonyl (C=O) groups excluding carboxylic acids is 1. The molecule has 1 amide bonds. The molecule has 0 saturated carbocycles. The first-order chi connectivity index (χ1) is 9.00. The second-order valence-electron chi connectivity index (χ2n) is 4.50. The number of nitrogens with zero attached hydrogens (tertiary/aromatic N) is 1. The van der Waals surface area contributed by atoms with E-state index < -0.39 is 0 Å². The number of aromatic nitrogens is 1. The van der Waals surface area contributed by atoms with E-state index in [-0.39, 0.29) is 22.9 Å². The molecule has 19 heavy (non-hydrogen) atoms. The second-order valence-corrected chi connectivity index (χ2v) is 5.48. The van der Waals surface area contributed by atoms with Crippen LogP contribution in [0.4, 0.5) is 0 Å². The van der Waals surface area contributed by atoms with Crippen molar-refractivity contribution in [3.8, 4) is 0 Å². The summed E-state index contributed by atoms with van der Waals surface area (Å²) in [5, 5.41) is 1.98. The number of aryl methyl sites for hydroxylation is 1. The molecule has 0 aliphatic heterocycles. The summed E-state index contributed by atoms with van der Waals surface area (Å²) in [4.78, 5) is 29.7. The highest BCUT2D eigenvalue weighted by Crippen LogP contribution is 2.24. The van der Waals surface area contributed by atoms with E-state index in [1.165, 1.54) is 12.3 Å². The number of pyridine rings is 1. The van der Waals surface area contributed by atoms with Crippen LogP contribution in [0.2, 0.25) is 0 Å². The lowest BCUT2D eigenvalue weighted by molar-refractivity contribution is 0.0743. The number of hydrogen-bond acceptors (Lipinski definition) is 3. The summed E-state index contributed by atoms with van der Waals surface area (Å²) in [6.45, 7) is 3.74. The third-order valence-electron chi connectivity index (χ3n) is 3.14. The molecule has 4 nitrogen and oxygen atoms in total. The minimum Gasteiger partial charge on any atom is -0.364 e. The van der Waals surface area contributed by atoms with Gasteiger partial charge in [-0.05, 0) is 25.3 Å². The zero-order valence-electron chi connectivity index (χ0n) is 11.1. The van der Waals surface area contributed by atoms with Crippen LogP contribution in [0.5, 0.6) is 0 Å². The summed E-state index contributed by atoms with van der Waals surface area (Å²) in [7, 11) is 1.71. The van der Waals surface area contributed by atoms with E-state index in [4.69, 9.17) is 0 Å². The van der Waals surface area contributed by atoms with Crippen LogP contribution < -0.4 is 5.43 Å². The molecule has 0 bridgehead atoms. The summed E-state index contributed by atoms with van der Waals surface area (Å²) >= 11 is 1.60. The summed E-state index contributed by atoms with van der Waals surface area (Å²) in [5.74, 6) is -0.262. The van der Waals surface area contributed by atoms with Gasteiger partial charge in [-0.1, -0.05) is 6.07 Å². The number of hydrogen-bond donors (Lipinski definition) is 1. The molecule has 100 valence electrons. The molecule has 2 rings (SSSR count). The van der Waals surface area contributed by atoms with Gasteiger partial charge in [-0.2, -0.15) is 0 Å². The van der Waals surface area contributed by atoms with E-state index in [9.17, 15) is 9.59 Å². The molecule has 2 heterocycles. The van der Waals surface area contributed by atoms with E-state index in [2.05, 4.69) is 4.98 Å². The van der Waals surface area contributed by atoms with Crippen LogP contribution in [-0.2, 0) is 0 Å². The van der Waals surface area contributed by atoms with E-state index in [1.807, 2.05) is 24.4 Å². The molecule has 0 radical (unpaired) electrons. The number of thiophene rings is 1. The molecule has 1 N–H and O–H groups in total. The second kappa shape index (κ2) is 5.40. The predicted molar refractivity (Wildman–Crippen MR) is 76.6 cm³/mol. The van der Waals surface area contributed by atoms with Gasteiger partial charge < -0.3 is 9.88 Å². The predicted octanol–water partition coefficient (Wildman–Crippen LogP) is 2.58. The van der Waals surface area contributed by atoms with Crippen LogP contribution in [0.1, 0.15) is 33.9 Å². The van der Waals surface area contributed by atoms with Crippen molar-refractivity contribution in [2.75, 3.05) is 7.05 Å². The smallest absolute Gasteiger partial charge is 0.259 e. The van der Waals surface area contributed by atoms with Gasteiger partial charge in [0, 0.05) is 29.9 Å². The zero-order valence-corrected chi connectivity index (χ0v) is 12.0. The standard InChI is InChI=1S/C14H16N2O2S/c1-9-7-12(17)11(8-15-9)14(18)16(3)10(2)13-5-4-6-19-13/h4-8,10H,1-3H3,(H,15,17). The fourth-order valence-electron chi connectivity index (χ4n) is 1.83. The number of rotatable bonds is 3. The van der Waals surface area contributed by atoms with Crippen molar-refractivity contribution in [1.82, 2.24) is 9.88 Å². The number of amides is 1. The fourth-order valence-corrected chi connectivity index (χ4v) is 2.65. The number of nitrogens with one attached hydrogen (secondary N) is 1. The number of aromatic amines is 1. The first kappa shape index (κ1) is 13.5. The lowest BCUT2D eigenvalue weighted by Gasteiger charge is -2.23. The van der Waals surface area contributed by atoms with E-state index in [0.29, 0.717) is 0 Å². The van der Waals surface area contributed by atoms with Crippen molar-refractivity contribution < 1.29 is 4.79 Å².